The molecule has 2 aromatic carbocycles. The highest BCUT2D eigenvalue weighted by molar-refractivity contribution is 7.26. The molecule has 0 fully saturated rings. The Bertz CT molecular complexity index is 812. The van der Waals surface area contributed by atoms with E-state index in [1.807, 2.05) is 6.07 Å². The van der Waals surface area contributed by atoms with E-state index in [0.29, 0.717) is 0 Å². The molecule has 0 N–H and O–H groups in total. The van der Waals surface area contributed by atoms with Crippen LogP contribution in [0.5, 0.6) is 0 Å². The van der Waals surface area contributed by atoms with Crippen molar-refractivity contribution in [2.45, 2.75) is 0 Å². The second kappa shape index (κ2) is 2.83. The minimum Gasteiger partial charge on any atom is -0.443 e. The van der Waals surface area contributed by atoms with Crippen molar-refractivity contribution in [3.05, 3.63) is 42.8 Å². The highest BCUT2D eigenvalue weighted by atomic mass is 32.1. The van der Waals surface area contributed by atoms with Crippen molar-refractivity contribution in [1.29, 1.82) is 0 Å². The van der Waals surface area contributed by atoms with Gasteiger partial charge in [0.15, 0.2) is 12.0 Å². The van der Waals surface area contributed by atoms with Crippen molar-refractivity contribution in [2.75, 3.05) is 0 Å². The zero-order valence-electron chi connectivity index (χ0n) is 8.31. The van der Waals surface area contributed by atoms with Gasteiger partial charge in [-0.3, -0.25) is 0 Å². The van der Waals surface area contributed by atoms with Crippen LogP contribution in [0.15, 0.2) is 47.2 Å². The normalized spacial score (nSPS) is 11.8. The fraction of sp³-hybridized carbons (Fsp3) is 0. The molecule has 0 radical (unpaired) electrons. The van der Waals surface area contributed by atoms with Crippen LogP contribution in [-0.4, -0.2) is 4.98 Å². The predicted molar refractivity (Wildman–Crippen MR) is 66.9 cm³/mol. The van der Waals surface area contributed by atoms with E-state index in [4.69, 9.17) is 4.42 Å². The number of hydrogen-bond donors (Lipinski definition) is 0. The van der Waals surface area contributed by atoms with E-state index in [-0.39, 0.29) is 0 Å². The minimum absolute atomic E-state index is 0.898. The van der Waals surface area contributed by atoms with Crippen LogP contribution in [0.3, 0.4) is 0 Å². The summed E-state index contributed by atoms with van der Waals surface area (Å²) in [6.45, 7) is 0. The van der Waals surface area contributed by atoms with E-state index in [9.17, 15) is 0 Å². The first-order valence-corrected chi connectivity index (χ1v) is 5.88. The van der Waals surface area contributed by atoms with Crippen LogP contribution < -0.4 is 0 Å². The molecule has 2 heterocycles. The molecule has 4 rings (SSSR count). The van der Waals surface area contributed by atoms with Gasteiger partial charge in [0.25, 0.3) is 0 Å². The van der Waals surface area contributed by atoms with E-state index in [1.165, 1.54) is 26.6 Å². The van der Waals surface area contributed by atoms with E-state index in [1.54, 1.807) is 11.3 Å². The number of thiophene rings is 1. The Morgan fingerprint density at radius 3 is 2.94 bits per heavy atom. The Balaban J connectivity index is 2.42. The quantitative estimate of drug-likeness (QED) is 0.448. The summed E-state index contributed by atoms with van der Waals surface area (Å²) >= 11 is 1.79. The number of fused-ring (bicyclic) bond motifs is 5. The molecule has 0 amide bonds. The molecule has 0 aliphatic carbocycles. The molecular weight excluding hydrogens is 218 g/mol. The number of aromatic nitrogens is 1. The Morgan fingerprint density at radius 2 is 1.94 bits per heavy atom. The summed E-state index contributed by atoms with van der Waals surface area (Å²) in [4.78, 5) is 4.19. The lowest BCUT2D eigenvalue weighted by Gasteiger charge is -1.91. The van der Waals surface area contributed by atoms with E-state index < -0.39 is 0 Å². The van der Waals surface area contributed by atoms with Gasteiger partial charge in [-0.15, -0.1) is 11.3 Å². The zero-order chi connectivity index (χ0) is 10.5. The standard InChI is InChI=1S/C13H7NOS/c1-2-4-10-8(3-1)12-11(16-10)6-5-9-13(12)15-7-14-9/h1-7H. The number of benzene rings is 2. The van der Waals surface area contributed by atoms with Gasteiger partial charge in [-0.1, -0.05) is 18.2 Å². The van der Waals surface area contributed by atoms with Crippen LogP contribution in [0.2, 0.25) is 0 Å². The molecule has 0 atom stereocenters. The topological polar surface area (TPSA) is 26.0 Å². The van der Waals surface area contributed by atoms with Crippen molar-refractivity contribution in [1.82, 2.24) is 4.98 Å². The summed E-state index contributed by atoms with van der Waals surface area (Å²) in [7, 11) is 0. The molecule has 0 spiro atoms. The molecule has 0 aliphatic heterocycles. The van der Waals surface area contributed by atoms with Crippen molar-refractivity contribution in [3.63, 3.8) is 0 Å². The van der Waals surface area contributed by atoms with Crippen LogP contribution in [0.1, 0.15) is 0 Å². The molecule has 2 aromatic heterocycles. The summed E-state index contributed by atoms with van der Waals surface area (Å²) in [6, 6.07) is 12.5. The van der Waals surface area contributed by atoms with Crippen molar-refractivity contribution >= 4 is 42.6 Å². The maximum atomic E-state index is 5.49. The van der Waals surface area contributed by atoms with Crippen molar-refractivity contribution in [2.24, 2.45) is 0 Å². The van der Waals surface area contributed by atoms with Gasteiger partial charge >= 0.3 is 0 Å². The summed E-state index contributed by atoms with van der Waals surface area (Å²) in [6.07, 6.45) is 1.51. The maximum Gasteiger partial charge on any atom is 0.182 e. The van der Waals surface area contributed by atoms with Gasteiger partial charge in [-0.2, -0.15) is 0 Å². The number of nitrogens with zero attached hydrogens (tertiary/aromatic N) is 1. The second-order valence-corrected chi connectivity index (χ2v) is 4.82. The molecule has 0 saturated heterocycles. The lowest BCUT2D eigenvalue weighted by molar-refractivity contribution is 0.605. The first kappa shape index (κ1) is 8.30. The zero-order valence-corrected chi connectivity index (χ0v) is 9.12. The third-order valence-electron chi connectivity index (χ3n) is 2.84. The third kappa shape index (κ3) is 0.933. The van der Waals surface area contributed by atoms with Crippen LogP contribution in [0.4, 0.5) is 0 Å². The summed E-state index contributed by atoms with van der Waals surface area (Å²) in [5, 5.41) is 2.44. The number of rotatable bonds is 0. The average molecular weight is 225 g/mol. The molecular formula is C13H7NOS. The highest BCUT2D eigenvalue weighted by Crippen LogP contribution is 2.37. The minimum atomic E-state index is 0.898. The third-order valence-corrected chi connectivity index (χ3v) is 3.97. The van der Waals surface area contributed by atoms with E-state index >= 15 is 0 Å². The predicted octanol–water partition coefficient (Wildman–Crippen LogP) is 4.20. The molecule has 76 valence electrons. The Morgan fingerprint density at radius 1 is 1.00 bits per heavy atom. The number of hydrogen-bond acceptors (Lipinski definition) is 3. The van der Waals surface area contributed by atoms with E-state index in [0.717, 1.165) is 11.1 Å². The van der Waals surface area contributed by atoms with Gasteiger partial charge in [0, 0.05) is 20.2 Å². The smallest absolute Gasteiger partial charge is 0.182 e. The Labute approximate surface area is 95.1 Å². The number of oxazole rings is 1. The molecule has 2 nitrogen and oxygen atoms in total. The Kier molecular flexibility index (Phi) is 1.47. The molecule has 3 heteroatoms. The fourth-order valence-electron chi connectivity index (χ4n) is 2.13. The van der Waals surface area contributed by atoms with Crippen LogP contribution in [0.25, 0.3) is 31.3 Å². The fourth-order valence-corrected chi connectivity index (χ4v) is 3.24. The lowest BCUT2D eigenvalue weighted by atomic mass is 10.1. The van der Waals surface area contributed by atoms with Crippen LogP contribution >= 0.6 is 11.3 Å². The Hall–Kier alpha value is -1.87. The molecule has 4 aromatic rings. The highest BCUT2D eigenvalue weighted by Gasteiger charge is 2.10. The summed E-state index contributed by atoms with van der Waals surface area (Å²) < 4.78 is 8.04. The molecule has 0 bridgehead atoms. The molecule has 16 heavy (non-hydrogen) atoms. The van der Waals surface area contributed by atoms with Gasteiger partial charge in [0.05, 0.1) is 0 Å². The van der Waals surface area contributed by atoms with Gasteiger partial charge in [0.2, 0.25) is 0 Å². The first-order chi connectivity index (χ1) is 7.93. The van der Waals surface area contributed by atoms with Gasteiger partial charge in [-0.05, 0) is 18.2 Å². The van der Waals surface area contributed by atoms with Crippen LogP contribution in [0, 0.1) is 0 Å². The molecule has 0 unspecified atom stereocenters. The summed E-state index contributed by atoms with van der Waals surface area (Å²) in [5.41, 5.74) is 1.83. The lowest BCUT2D eigenvalue weighted by Crippen LogP contribution is -1.69. The van der Waals surface area contributed by atoms with Crippen molar-refractivity contribution in [3.8, 4) is 0 Å². The SMILES string of the molecule is c1ccc2c(c1)sc1ccc3ncoc3c12. The van der Waals surface area contributed by atoms with Crippen LogP contribution in [-0.2, 0) is 0 Å². The van der Waals surface area contributed by atoms with Gasteiger partial charge < -0.3 is 4.42 Å². The van der Waals surface area contributed by atoms with Crippen molar-refractivity contribution < 1.29 is 4.42 Å². The molecule has 0 aliphatic rings. The maximum absolute atomic E-state index is 5.49. The molecule has 0 saturated carbocycles. The second-order valence-electron chi connectivity index (χ2n) is 3.74. The average Bonchev–Trinajstić information content (AvgIpc) is 2.91. The van der Waals surface area contributed by atoms with Gasteiger partial charge in [0.1, 0.15) is 5.52 Å². The van der Waals surface area contributed by atoms with Gasteiger partial charge in [-0.25, -0.2) is 4.98 Å². The monoisotopic (exact) mass is 225 g/mol. The summed E-state index contributed by atoms with van der Waals surface area (Å²) in [5.74, 6) is 0. The first-order valence-electron chi connectivity index (χ1n) is 5.07. The largest absolute Gasteiger partial charge is 0.443 e. The van der Waals surface area contributed by atoms with E-state index in [2.05, 4.69) is 35.3 Å².